The zero-order valence-corrected chi connectivity index (χ0v) is 10.5. The molecule has 0 fully saturated rings. The second-order valence-electron chi connectivity index (χ2n) is 4.34. The first-order chi connectivity index (χ1) is 6.94. The standard InChI is InChI=1S/C10H22N2O2S/c1-8(7-13)15-6-4-5-10(2,3)9(11)12-14/h8,13-14H,4-7H2,1-3H3,(H2,11,12). The summed E-state index contributed by atoms with van der Waals surface area (Å²) in [6.07, 6.45) is 1.88. The minimum Gasteiger partial charge on any atom is -0.409 e. The van der Waals surface area contributed by atoms with E-state index in [1.807, 2.05) is 20.8 Å². The summed E-state index contributed by atoms with van der Waals surface area (Å²) in [4.78, 5) is 0. The molecular formula is C10H22N2O2S. The lowest BCUT2D eigenvalue weighted by Gasteiger charge is -2.22. The summed E-state index contributed by atoms with van der Waals surface area (Å²) >= 11 is 1.74. The Morgan fingerprint density at radius 1 is 1.53 bits per heavy atom. The highest BCUT2D eigenvalue weighted by Gasteiger charge is 2.22. The lowest BCUT2D eigenvalue weighted by Crippen LogP contribution is -2.32. The van der Waals surface area contributed by atoms with Gasteiger partial charge in [-0.15, -0.1) is 0 Å². The molecule has 1 unspecified atom stereocenters. The van der Waals surface area contributed by atoms with E-state index in [1.165, 1.54) is 0 Å². The summed E-state index contributed by atoms with van der Waals surface area (Å²) in [5, 5.41) is 20.7. The molecule has 0 heterocycles. The van der Waals surface area contributed by atoms with Crippen molar-refractivity contribution >= 4 is 17.6 Å². The molecule has 0 radical (unpaired) electrons. The monoisotopic (exact) mass is 234 g/mol. The molecule has 15 heavy (non-hydrogen) atoms. The largest absolute Gasteiger partial charge is 0.409 e. The second kappa shape index (κ2) is 6.95. The fraction of sp³-hybridized carbons (Fsp3) is 0.900. The SMILES string of the molecule is CC(CO)SCCCC(C)(C)C(N)=NO. The van der Waals surface area contributed by atoms with Crippen LogP contribution in [0.1, 0.15) is 33.6 Å². The minimum absolute atomic E-state index is 0.217. The lowest BCUT2D eigenvalue weighted by atomic mass is 9.87. The number of amidine groups is 1. The molecule has 0 bridgehead atoms. The Kier molecular flexibility index (Phi) is 6.76. The van der Waals surface area contributed by atoms with E-state index in [0.29, 0.717) is 0 Å². The van der Waals surface area contributed by atoms with Crippen LogP contribution >= 0.6 is 11.8 Å². The van der Waals surface area contributed by atoms with Gasteiger partial charge >= 0.3 is 0 Å². The Morgan fingerprint density at radius 3 is 2.60 bits per heavy atom. The van der Waals surface area contributed by atoms with Gasteiger partial charge in [-0.3, -0.25) is 0 Å². The normalized spacial score (nSPS) is 15.3. The fourth-order valence-corrected chi connectivity index (χ4v) is 1.93. The molecule has 0 saturated carbocycles. The van der Waals surface area contributed by atoms with Crippen molar-refractivity contribution in [3.63, 3.8) is 0 Å². The Hall–Kier alpha value is -0.420. The molecule has 4 nitrogen and oxygen atoms in total. The molecule has 4 N–H and O–H groups in total. The van der Waals surface area contributed by atoms with Crippen LogP contribution in [0, 0.1) is 5.41 Å². The third-order valence-electron chi connectivity index (χ3n) is 2.41. The van der Waals surface area contributed by atoms with Gasteiger partial charge in [0.2, 0.25) is 0 Å². The van der Waals surface area contributed by atoms with Gasteiger partial charge in [-0.2, -0.15) is 11.8 Å². The fourth-order valence-electron chi connectivity index (χ4n) is 1.11. The molecule has 0 aromatic rings. The van der Waals surface area contributed by atoms with Crippen molar-refractivity contribution < 1.29 is 10.3 Å². The molecule has 0 saturated heterocycles. The Balaban J connectivity index is 3.76. The van der Waals surface area contributed by atoms with Gasteiger partial charge in [-0.25, -0.2) is 0 Å². The molecule has 0 aromatic heterocycles. The molecule has 0 aliphatic rings. The van der Waals surface area contributed by atoms with Gasteiger partial charge in [-0.1, -0.05) is 25.9 Å². The summed E-state index contributed by atoms with van der Waals surface area (Å²) in [6.45, 7) is 6.14. The number of aliphatic hydroxyl groups is 1. The van der Waals surface area contributed by atoms with Crippen molar-refractivity contribution in [3.05, 3.63) is 0 Å². The van der Waals surface area contributed by atoms with E-state index in [2.05, 4.69) is 5.16 Å². The van der Waals surface area contributed by atoms with Crippen LogP contribution in [0.5, 0.6) is 0 Å². The van der Waals surface area contributed by atoms with Crippen molar-refractivity contribution in [3.8, 4) is 0 Å². The maximum Gasteiger partial charge on any atom is 0.144 e. The smallest absolute Gasteiger partial charge is 0.144 e. The summed E-state index contributed by atoms with van der Waals surface area (Å²) in [5.74, 6) is 1.27. The summed E-state index contributed by atoms with van der Waals surface area (Å²) in [6, 6.07) is 0. The number of nitrogens with zero attached hydrogens (tertiary/aromatic N) is 1. The first-order valence-electron chi connectivity index (χ1n) is 5.14. The van der Waals surface area contributed by atoms with Gasteiger partial charge in [0.1, 0.15) is 5.84 Å². The van der Waals surface area contributed by atoms with Gasteiger partial charge in [-0.05, 0) is 18.6 Å². The average Bonchev–Trinajstić information content (AvgIpc) is 2.22. The highest BCUT2D eigenvalue weighted by atomic mass is 32.2. The molecule has 0 rings (SSSR count). The Morgan fingerprint density at radius 2 is 2.13 bits per heavy atom. The molecule has 90 valence electrons. The number of rotatable bonds is 7. The Labute approximate surface area is 95.9 Å². The maximum atomic E-state index is 8.83. The molecule has 5 heteroatoms. The van der Waals surface area contributed by atoms with Crippen molar-refractivity contribution in [2.45, 2.75) is 38.9 Å². The molecule has 0 aliphatic carbocycles. The van der Waals surface area contributed by atoms with Crippen molar-refractivity contribution in [1.29, 1.82) is 0 Å². The first-order valence-corrected chi connectivity index (χ1v) is 6.19. The molecule has 0 aliphatic heterocycles. The van der Waals surface area contributed by atoms with E-state index in [1.54, 1.807) is 11.8 Å². The number of hydrogen-bond acceptors (Lipinski definition) is 4. The van der Waals surface area contributed by atoms with Crippen LogP contribution in [0.25, 0.3) is 0 Å². The number of thioether (sulfide) groups is 1. The van der Waals surface area contributed by atoms with Gasteiger partial charge in [0.05, 0.1) is 6.61 Å². The lowest BCUT2D eigenvalue weighted by molar-refractivity contribution is 0.300. The second-order valence-corrected chi connectivity index (χ2v) is 5.88. The van der Waals surface area contributed by atoms with E-state index < -0.39 is 0 Å². The highest BCUT2D eigenvalue weighted by Crippen LogP contribution is 2.24. The summed E-state index contributed by atoms with van der Waals surface area (Å²) in [5.41, 5.74) is 5.32. The van der Waals surface area contributed by atoms with Crippen LogP contribution < -0.4 is 5.73 Å². The van der Waals surface area contributed by atoms with Gasteiger partial charge in [0, 0.05) is 10.7 Å². The van der Waals surface area contributed by atoms with Crippen LogP contribution in [0.3, 0.4) is 0 Å². The number of nitrogens with two attached hydrogens (primary N) is 1. The molecule has 1 atom stereocenters. The quantitative estimate of drug-likeness (QED) is 0.206. The molecule has 0 amide bonds. The topological polar surface area (TPSA) is 78.8 Å². The van der Waals surface area contributed by atoms with Crippen LogP contribution in [0.4, 0.5) is 0 Å². The molecular weight excluding hydrogens is 212 g/mol. The zero-order chi connectivity index (χ0) is 11.9. The van der Waals surface area contributed by atoms with Crippen molar-refractivity contribution in [1.82, 2.24) is 0 Å². The van der Waals surface area contributed by atoms with Gasteiger partial charge < -0.3 is 16.0 Å². The molecule has 0 aromatic carbocycles. The van der Waals surface area contributed by atoms with Crippen LogP contribution in [0.15, 0.2) is 5.16 Å². The number of aliphatic hydroxyl groups excluding tert-OH is 1. The third kappa shape index (κ3) is 5.89. The van der Waals surface area contributed by atoms with Crippen LogP contribution in [0.2, 0.25) is 0 Å². The van der Waals surface area contributed by atoms with E-state index >= 15 is 0 Å². The van der Waals surface area contributed by atoms with Crippen LogP contribution in [-0.2, 0) is 0 Å². The predicted octanol–water partition coefficient (Wildman–Crippen LogP) is 1.65. The average molecular weight is 234 g/mol. The number of oxime groups is 1. The minimum atomic E-state index is -0.252. The van der Waals surface area contributed by atoms with Crippen molar-refractivity contribution in [2.24, 2.45) is 16.3 Å². The highest BCUT2D eigenvalue weighted by molar-refractivity contribution is 7.99. The first kappa shape index (κ1) is 14.6. The number of hydrogen-bond donors (Lipinski definition) is 3. The van der Waals surface area contributed by atoms with E-state index in [4.69, 9.17) is 16.0 Å². The van der Waals surface area contributed by atoms with E-state index in [9.17, 15) is 0 Å². The molecule has 0 spiro atoms. The van der Waals surface area contributed by atoms with E-state index in [-0.39, 0.29) is 23.1 Å². The van der Waals surface area contributed by atoms with Crippen molar-refractivity contribution in [2.75, 3.05) is 12.4 Å². The summed E-state index contributed by atoms with van der Waals surface area (Å²) in [7, 11) is 0. The third-order valence-corrected chi connectivity index (χ3v) is 3.65. The Bertz CT molecular complexity index is 208. The zero-order valence-electron chi connectivity index (χ0n) is 9.73. The predicted molar refractivity (Wildman–Crippen MR) is 65.4 cm³/mol. The summed E-state index contributed by atoms with van der Waals surface area (Å²) < 4.78 is 0. The van der Waals surface area contributed by atoms with Gasteiger partial charge in [0.15, 0.2) is 0 Å². The maximum absolute atomic E-state index is 8.83. The van der Waals surface area contributed by atoms with Gasteiger partial charge in [0.25, 0.3) is 0 Å². The van der Waals surface area contributed by atoms with Crippen LogP contribution in [-0.4, -0.2) is 33.8 Å². The van der Waals surface area contributed by atoms with E-state index in [0.717, 1.165) is 18.6 Å².